The lowest BCUT2D eigenvalue weighted by Crippen LogP contribution is -2.50. The molecule has 1 fully saturated rings. The summed E-state index contributed by atoms with van der Waals surface area (Å²) in [5.41, 5.74) is 1.13. The highest BCUT2D eigenvalue weighted by Gasteiger charge is 2.23. The maximum absolute atomic E-state index is 11.8. The first kappa shape index (κ1) is 26.3. The van der Waals surface area contributed by atoms with Gasteiger partial charge in [0, 0.05) is 39.3 Å². The van der Waals surface area contributed by atoms with E-state index in [0.717, 1.165) is 43.1 Å². The number of nitrogens with zero attached hydrogens (tertiary/aromatic N) is 2. The molecule has 1 aliphatic heterocycles. The molecule has 1 amide bonds. The van der Waals surface area contributed by atoms with Gasteiger partial charge in [-0.3, -0.25) is 4.99 Å². The van der Waals surface area contributed by atoms with Crippen LogP contribution in [-0.4, -0.2) is 70.0 Å². The van der Waals surface area contributed by atoms with E-state index in [1.54, 1.807) is 19.1 Å². The Bertz CT molecular complexity index is 634. The van der Waals surface area contributed by atoms with Crippen LogP contribution >= 0.6 is 24.0 Å². The highest BCUT2D eigenvalue weighted by atomic mass is 127. The summed E-state index contributed by atoms with van der Waals surface area (Å²) in [7, 11) is 3.43. The van der Waals surface area contributed by atoms with Gasteiger partial charge in [-0.15, -0.1) is 24.0 Å². The number of benzene rings is 1. The van der Waals surface area contributed by atoms with E-state index in [9.17, 15) is 4.79 Å². The van der Waals surface area contributed by atoms with Crippen molar-refractivity contribution in [3.8, 4) is 5.75 Å². The third-order valence-corrected chi connectivity index (χ3v) is 4.77. The Morgan fingerprint density at radius 3 is 2.53 bits per heavy atom. The van der Waals surface area contributed by atoms with Crippen molar-refractivity contribution >= 4 is 36.0 Å². The summed E-state index contributed by atoms with van der Waals surface area (Å²) < 4.78 is 15.9. The number of ether oxygens (including phenoxy) is 3. The minimum absolute atomic E-state index is 0. The molecule has 0 radical (unpaired) electrons. The lowest BCUT2D eigenvalue weighted by atomic mass is 10.1. The molecule has 30 heavy (non-hydrogen) atoms. The van der Waals surface area contributed by atoms with Crippen molar-refractivity contribution in [2.75, 3.05) is 47.0 Å². The number of aliphatic imine (C=N–C) groups is 1. The zero-order chi connectivity index (χ0) is 20.9. The molecule has 1 heterocycles. The Morgan fingerprint density at radius 2 is 1.93 bits per heavy atom. The van der Waals surface area contributed by atoms with E-state index in [1.807, 2.05) is 31.2 Å². The van der Waals surface area contributed by atoms with Gasteiger partial charge in [0.1, 0.15) is 5.75 Å². The van der Waals surface area contributed by atoms with Crippen LogP contribution in [-0.2, 0) is 16.1 Å². The van der Waals surface area contributed by atoms with Crippen LogP contribution in [0.15, 0.2) is 29.3 Å². The molecule has 170 valence electrons. The first-order valence-corrected chi connectivity index (χ1v) is 10.3. The first-order chi connectivity index (χ1) is 14.2. The number of carbonyl (C=O) groups is 1. The van der Waals surface area contributed by atoms with Crippen LogP contribution in [0.25, 0.3) is 0 Å². The number of hydrogen-bond donors (Lipinski definition) is 2. The number of likely N-dealkylation sites (tertiary alicyclic amines) is 1. The standard InChI is InChI=1S/C21H34N4O4.HI/c1-4-29-21(26)25-13-10-18(11-14-25)24-20(22-2)23-12-5-15-28-16-17-6-8-19(27-3)9-7-17;/h6-9,18H,4-5,10-16H2,1-3H3,(H2,22,23,24);1H. The summed E-state index contributed by atoms with van der Waals surface area (Å²) in [5, 5.41) is 6.75. The molecule has 1 saturated heterocycles. The summed E-state index contributed by atoms with van der Waals surface area (Å²) >= 11 is 0. The minimum atomic E-state index is -0.219. The SMILES string of the molecule is CCOC(=O)N1CCC(NC(=NC)NCCCOCc2ccc(OC)cc2)CC1.I. The van der Waals surface area contributed by atoms with Crippen LogP contribution in [0.3, 0.4) is 0 Å². The number of rotatable bonds is 9. The lowest BCUT2D eigenvalue weighted by molar-refractivity contribution is 0.0963. The van der Waals surface area contributed by atoms with Gasteiger partial charge in [-0.05, 0) is 43.9 Å². The van der Waals surface area contributed by atoms with Crippen LogP contribution in [0.5, 0.6) is 5.75 Å². The number of methoxy groups -OCH3 is 1. The van der Waals surface area contributed by atoms with Gasteiger partial charge in [0.15, 0.2) is 5.96 Å². The molecule has 0 atom stereocenters. The largest absolute Gasteiger partial charge is 0.497 e. The van der Waals surface area contributed by atoms with Crippen molar-refractivity contribution in [3.63, 3.8) is 0 Å². The fourth-order valence-electron chi connectivity index (χ4n) is 3.10. The molecule has 0 aromatic heterocycles. The van der Waals surface area contributed by atoms with Crippen LogP contribution in [0.1, 0.15) is 31.7 Å². The number of amides is 1. The Balaban J connectivity index is 0.00000450. The minimum Gasteiger partial charge on any atom is -0.497 e. The van der Waals surface area contributed by atoms with Gasteiger partial charge in [0.2, 0.25) is 0 Å². The van der Waals surface area contributed by atoms with E-state index in [0.29, 0.717) is 39.0 Å². The average molecular weight is 534 g/mol. The summed E-state index contributed by atoms with van der Waals surface area (Å²) in [4.78, 5) is 17.8. The van der Waals surface area contributed by atoms with Gasteiger partial charge in [-0.2, -0.15) is 0 Å². The molecule has 0 spiro atoms. The fourth-order valence-corrected chi connectivity index (χ4v) is 3.10. The van der Waals surface area contributed by atoms with Crippen LogP contribution in [0, 0.1) is 0 Å². The molecule has 2 N–H and O–H groups in total. The highest BCUT2D eigenvalue weighted by Crippen LogP contribution is 2.12. The van der Waals surface area contributed by atoms with Crippen molar-refractivity contribution in [1.29, 1.82) is 0 Å². The molecule has 9 heteroatoms. The molecular formula is C21H35IN4O4. The number of guanidine groups is 1. The van der Waals surface area contributed by atoms with Gasteiger partial charge in [0.25, 0.3) is 0 Å². The van der Waals surface area contributed by atoms with E-state index in [1.165, 1.54) is 0 Å². The summed E-state index contributed by atoms with van der Waals surface area (Å²) in [6, 6.07) is 8.20. The normalized spacial score (nSPS) is 14.6. The van der Waals surface area contributed by atoms with Crippen LogP contribution < -0.4 is 15.4 Å². The second-order valence-electron chi connectivity index (χ2n) is 6.86. The molecule has 0 saturated carbocycles. The van der Waals surface area contributed by atoms with Gasteiger partial charge >= 0.3 is 6.09 Å². The third kappa shape index (κ3) is 9.38. The van der Waals surface area contributed by atoms with E-state index in [2.05, 4.69) is 15.6 Å². The second-order valence-corrected chi connectivity index (χ2v) is 6.86. The smallest absolute Gasteiger partial charge is 0.409 e. The molecular weight excluding hydrogens is 499 g/mol. The Morgan fingerprint density at radius 1 is 1.23 bits per heavy atom. The van der Waals surface area contributed by atoms with Gasteiger partial charge in [0.05, 0.1) is 20.3 Å². The molecule has 2 rings (SSSR count). The molecule has 8 nitrogen and oxygen atoms in total. The Labute approximate surface area is 196 Å². The molecule has 1 aromatic carbocycles. The highest BCUT2D eigenvalue weighted by molar-refractivity contribution is 14.0. The monoisotopic (exact) mass is 534 g/mol. The van der Waals surface area contributed by atoms with Gasteiger partial charge in [-0.1, -0.05) is 12.1 Å². The average Bonchev–Trinajstić information content (AvgIpc) is 2.76. The zero-order valence-corrected chi connectivity index (χ0v) is 20.5. The number of hydrogen-bond acceptors (Lipinski definition) is 5. The molecule has 0 unspecified atom stereocenters. The Hall–Kier alpha value is -1.75. The number of piperidine rings is 1. The summed E-state index contributed by atoms with van der Waals surface area (Å²) in [5.74, 6) is 1.64. The number of halogens is 1. The van der Waals surface area contributed by atoms with E-state index >= 15 is 0 Å². The van der Waals surface area contributed by atoms with Crippen LogP contribution in [0.2, 0.25) is 0 Å². The van der Waals surface area contributed by atoms with E-state index in [4.69, 9.17) is 14.2 Å². The van der Waals surface area contributed by atoms with Crippen molar-refractivity contribution in [3.05, 3.63) is 29.8 Å². The van der Waals surface area contributed by atoms with Crippen LogP contribution in [0.4, 0.5) is 4.79 Å². The first-order valence-electron chi connectivity index (χ1n) is 10.3. The predicted molar refractivity (Wildman–Crippen MR) is 129 cm³/mol. The van der Waals surface area contributed by atoms with Crippen molar-refractivity contribution in [2.45, 2.75) is 38.8 Å². The number of carbonyl (C=O) groups excluding carboxylic acids is 1. The van der Waals surface area contributed by atoms with E-state index < -0.39 is 0 Å². The predicted octanol–water partition coefficient (Wildman–Crippen LogP) is 3.01. The molecule has 1 aromatic rings. The van der Waals surface area contributed by atoms with Crippen molar-refractivity contribution in [1.82, 2.24) is 15.5 Å². The maximum Gasteiger partial charge on any atom is 0.409 e. The lowest BCUT2D eigenvalue weighted by Gasteiger charge is -2.32. The van der Waals surface area contributed by atoms with Crippen molar-refractivity contribution in [2.24, 2.45) is 4.99 Å². The van der Waals surface area contributed by atoms with Gasteiger partial charge < -0.3 is 29.7 Å². The number of nitrogens with one attached hydrogen (secondary N) is 2. The summed E-state index contributed by atoms with van der Waals surface area (Å²) in [6.45, 7) is 5.69. The van der Waals surface area contributed by atoms with Crippen molar-refractivity contribution < 1.29 is 19.0 Å². The third-order valence-electron chi connectivity index (χ3n) is 4.77. The summed E-state index contributed by atoms with van der Waals surface area (Å²) in [6.07, 6.45) is 2.43. The molecule has 1 aliphatic rings. The molecule has 0 aliphatic carbocycles. The molecule has 0 bridgehead atoms. The second kappa shape index (κ2) is 15.1. The van der Waals surface area contributed by atoms with E-state index in [-0.39, 0.29) is 30.1 Å². The van der Waals surface area contributed by atoms with Gasteiger partial charge in [-0.25, -0.2) is 4.79 Å². The maximum atomic E-state index is 11.8. The topological polar surface area (TPSA) is 84.4 Å². The quantitative estimate of drug-likeness (QED) is 0.220. The zero-order valence-electron chi connectivity index (χ0n) is 18.2. The Kier molecular flexibility index (Phi) is 13.2. The fraction of sp³-hybridized carbons (Fsp3) is 0.619.